The van der Waals surface area contributed by atoms with E-state index in [1.54, 1.807) is 55.5 Å². The fourth-order valence-electron chi connectivity index (χ4n) is 3.89. The van der Waals surface area contributed by atoms with E-state index in [0.717, 1.165) is 20.3 Å². The topological polar surface area (TPSA) is 86.8 Å². The maximum Gasteiger partial charge on any atom is 0.264 e. The molecule has 0 saturated carbocycles. The fourth-order valence-corrected chi connectivity index (χ4v) is 5.72. The van der Waals surface area contributed by atoms with Crippen LogP contribution in [0.25, 0.3) is 0 Å². The van der Waals surface area contributed by atoms with Gasteiger partial charge in [-0.2, -0.15) is 0 Å². The van der Waals surface area contributed by atoms with Crippen molar-refractivity contribution in [1.82, 2.24) is 10.2 Å². The molecule has 7 nitrogen and oxygen atoms in total. The Labute approximate surface area is 223 Å². The number of hydrogen-bond acceptors (Lipinski definition) is 5. The second-order valence-corrected chi connectivity index (χ2v) is 11.4. The van der Waals surface area contributed by atoms with Crippen LogP contribution in [0, 0.1) is 6.92 Å². The van der Waals surface area contributed by atoms with Crippen LogP contribution in [0.5, 0.6) is 0 Å². The Bertz CT molecular complexity index is 1300. The lowest BCUT2D eigenvalue weighted by molar-refractivity contribution is -0.138. The third kappa shape index (κ3) is 7.14. The highest BCUT2D eigenvalue weighted by atomic mass is 32.2. The summed E-state index contributed by atoms with van der Waals surface area (Å²) in [5.41, 5.74) is 2.36. The fraction of sp³-hybridized carbons (Fsp3) is 0.286. The number of thioether (sulfide) groups is 1. The Morgan fingerprint density at radius 3 is 2.14 bits per heavy atom. The van der Waals surface area contributed by atoms with Gasteiger partial charge in [-0.05, 0) is 68.5 Å². The monoisotopic (exact) mass is 539 g/mol. The highest BCUT2D eigenvalue weighted by Crippen LogP contribution is 2.26. The molecule has 0 aliphatic heterocycles. The average molecular weight is 540 g/mol. The largest absolute Gasteiger partial charge is 0.357 e. The molecule has 196 valence electrons. The number of likely N-dealkylation sites (N-methyl/N-ethyl adjacent to an activating group) is 1. The summed E-state index contributed by atoms with van der Waals surface area (Å²) in [6.45, 7) is 3.38. The minimum atomic E-state index is -4.06. The molecule has 2 amide bonds. The Morgan fingerprint density at radius 2 is 1.57 bits per heavy atom. The van der Waals surface area contributed by atoms with Crippen LogP contribution in [0.2, 0.25) is 0 Å². The van der Waals surface area contributed by atoms with Gasteiger partial charge in [-0.1, -0.05) is 48.0 Å². The van der Waals surface area contributed by atoms with Crippen molar-refractivity contribution in [3.8, 4) is 0 Å². The van der Waals surface area contributed by atoms with Gasteiger partial charge in [-0.25, -0.2) is 8.42 Å². The van der Waals surface area contributed by atoms with Gasteiger partial charge in [0.1, 0.15) is 12.6 Å². The number of hydrogen-bond donors (Lipinski definition) is 1. The first-order valence-corrected chi connectivity index (χ1v) is 14.6. The molecule has 37 heavy (non-hydrogen) atoms. The van der Waals surface area contributed by atoms with E-state index >= 15 is 0 Å². The molecule has 0 aliphatic rings. The van der Waals surface area contributed by atoms with Gasteiger partial charge in [0, 0.05) is 18.5 Å². The molecule has 0 spiro atoms. The van der Waals surface area contributed by atoms with Gasteiger partial charge in [0.25, 0.3) is 10.0 Å². The van der Waals surface area contributed by atoms with E-state index in [1.165, 1.54) is 23.7 Å². The van der Waals surface area contributed by atoms with Gasteiger partial charge < -0.3 is 10.2 Å². The quantitative estimate of drug-likeness (QED) is 0.371. The summed E-state index contributed by atoms with van der Waals surface area (Å²) in [6, 6.07) is 22.4. The molecule has 0 aromatic heterocycles. The molecule has 3 rings (SSSR count). The first kappa shape index (κ1) is 28.3. The molecule has 3 aromatic carbocycles. The summed E-state index contributed by atoms with van der Waals surface area (Å²) in [7, 11) is -2.55. The lowest BCUT2D eigenvalue weighted by atomic mass is 10.1. The molecule has 0 aliphatic carbocycles. The molecular formula is C28H33N3O4S2. The number of benzene rings is 3. The van der Waals surface area contributed by atoms with Crippen LogP contribution in [0.3, 0.4) is 0 Å². The first-order chi connectivity index (χ1) is 17.7. The summed E-state index contributed by atoms with van der Waals surface area (Å²) in [4.78, 5) is 28.7. The molecule has 0 heterocycles. The number of rotatable bonds is 11. The second-order valence-electron chi connectivity index (χ2n) is 8.64. The van der Waals surface area contributed by atoms with Crippen LogP contribution in [0.1, 0.15) is 18.1 Å². The minimum Gasteiger partial charge on any atom is -0.357 e. The van der Waals surface area contributed by atoms with Gasteiger partial charge in [-0.15, -0.1) is 11.8 Å². The molecule has 0 saturated heterocycles. The SMILES string of the molecule is CNC(=O)C(C)N(CCc1ccccc1)C(=O)CN(c1ccc(C)cc1)S(=O)(=O)c1ccc(SC)cc1. The Hall–Kier alpha value is -3.30. The number of nitrogens with zero attached hydrogens (tertiary/aromatic N) is 2. The number of nitrogens with one attached hydrogen (secondary N) is 1. The number of aryl methyl sites for hydroxylation is 1. The van der Waals surface area contributed by atoms with Gasteiger partial charge in [-0.3, -0.25) is 13.9 Å². The molecule has 1 atom stereocenters. The van der Waals surface area contributed by atoms with Crippen molar-refractivity contribution in [1.29, 1.82) is 0 Å². The number of sulfonamides is 1. The highest BCUT2D eigenvalue weighted by Gasteiger charge is 2.32. The van der Waals surface area contributed by atoms with E-state index in [9.17, 15) is 18.0 Å². The van der Waals surface area contributed by atoms with Crippen LogP contribution in [-0.2, 0) is 26.0 Å². The minimum absolute atomic E-state index is 0.0915. The maximum atomic E-state index is 13.8. The van der Waals surface area contributed by atoms with Crippen molar-refractivity contribution in [2.75, 3.05) is 30.7 Å². The molecule has 0 radical (unpaired) electrons. The van der Waals surface area contributed by atoms with Crippen LogP contribution >= 0.6 is 11.8 Å². The number of carbonyl (C=O) groups excluding carboxylic acids is 2. The third-order valence-electron chi connectivity index (χ3n) is 6.15. The molecule has 3 aromatic rings. The van der Waals surface area contributed by atoms with Crippen LogP contribution in [0.15, 0.2) is 88.7 Å². The molecule has 1 N–H and O–H groups in total. The van der Waals surface area contributed by atoms with Crippen molar-refractivity contribution in [2.24, 2.45) is 0 Å². The molecule has 9 heteroatoms. The maximum absolute atomic E-state index is 13.8. The molecule has 1 unspecified atom stereocenters. The lowest BCUT2D eigenvalue weighted by Crippen LogP contribution is -2.51. The van der Waals surface area contributed by atoms with E-state index in [1.807, 2.05) is 43.5 Å². The van der Waals surface area contributed by atoms with Gasteiger partial charge in [0.2, 0.25) is 11.8 Å². The molecular weight excluding hydrogens is 506 g/mol. The normalized spacial score (nSPS) is 12.0. The number of carbonyl (C=O) groups is 2. The average Bonchev–Trinajstić information content (AvgIpc) is 2.92. The van der Waals surface area contributed by atoms with Gasteiger partial charge >= 0.3 is 0 Å². The summed E-state index contributed by atoms with van der Waals surface area (Å²) >= 11 is 1.51. The summed E-state index contributed by atoms with van der Waals surface area (Å²) < 4.78 is 28.7. The van der Waals surface area contributed by atoms with Crippen molar-refractivity contribution >= 4 is 39.3 Å². The standard InChI is InChI=1S/C28H33N3O4S2/c1-21-10-12-24(13-11-21)31(37(34,35)26-16-14-25(36-4)15-17-26)20-27(32)30(22(2)28(33)29-3)19-18-23-8-6-5-7-9-23/h5-17,22H,18-20H2,1-4H3,(H,29,33). The van der Waals surface area contributed by atoms with Crippen molar-refractivity contribution in [2.45, 2.75) is 36.1 Å². The van der Waals surface area contributed by atoms with E-state index in [2.05, 4.69) is 5.32 Å². The Balaban J connectivity index is 1.96. The zero-order valence-corrected chi connectivity index (χ0v) is 23.2. The van der Waals surface area contributed by atoms with Crippen LogP contribution in [0.4, 0.5) is 5.69 Å². The van der Waals surface area contributed by atoms with Gasteiger partial charge in [0.05, 0.1) is 10.6 Å². The van der Waals surface area contributed by atoms with E-state index < -0.39 is 28.5 Å². The zero-order valence-electron chi connectivity index (χ0n) is 21.5. The van der Waals surface area contributed by atoms with Crippen molar-refractivity contribution < 1.29 is 18.0 Å². The summed E-state index contributed by atoms with van der Waals surface area (Å²) in [5.74, 6) is -0.782. The van der Waals surface area contributed by atoms with Crippen LogP contribution < -0.4 is 9.62 Å². The second kappa shape index (κ2) is 12.8. The van der Waals surface area contributed by atoms with E-state index in [-0.39, 0.29) is 17.3 Å². The first-order valence-electron chi connectivity index (χ1n) is 12.0. The Morgan fingerprint density at radius 1 is 0.946 bits per heavy atom. The number of anilines is 1. The van der Waals surface area contributed by atoms with Gasteiger partial charge in [0.15, 0.2) is 0 Å². The Kier molecular flexibility index (Phi) is 9.77. The van der Waals surface area contributed by atoms with Crippen LogP contribution in [-0.4, -0.2) is 57.6 Å². The smallest absolute Gasteiger partial charge is 0.264 e. The predicted octanol–water partition coefficient (Wildman–Crippen LogP) is 4.12. The molecule has 0 fully saturated rings. The van der Waals surface area contributed by atoms with Crippen molar-refractivity contribution in [3.63, 3.8) is 0 Å². The van der Waals surface area contributed by atoms with E-state index in [4.69, 9.17) is 0 Å². The van der Waals surface area contributed by atoms with Crippen molar-refractivity contribution in [3.05, 3.63) is 90.0 Å². The number of amides is 2. The third-order valence-corrected chi connectivity index (χ3v) is 8.68. The molecule has 0 bridgehead atoms. The lowest BCUT2D eigenvalue weighted by Gasteiger charge is -2.31. The highest BCUT2D eigenvalue weighted by molar-refractivity contribution is 7.98. The summed E-state index contributed by atoms with van der Waals surface area (Å²) in [6.07, 6.45) is 2.44. The zero-order chi connectivity index (χ0) is 27.0. The summed E-state index contributed by atoms with van der Waals surface area (Å²) in [5, 5.41) is 2.59. The van der Waals surface area contributed by atoms with E-state index in [0.29, 0.717) is 12.1 Å². The predicted molar refractivity (Wildman–Crippen MR) is 149 cm³/mol.